The van der Waals surface area contributed by atoms with Crippen LogP contribution < -0.4 is 0 Å². The van der Waals surface area contributed by atoms with Gasteiger partial charge in [0.05, 0.1) is 6.61 Å². The van der Waals surface area contributed by atoms with Crippen LogP contribution in [0.2, 0.25) is 5.02 Å². The summed E-state index contributed by atoms with van der Waals surface area (Å²) in [6, 6.07) is 7.57. The van der Waals surface area contributed by atoms with E-state index in [1.807, 2.05) is 24.3 Å². The van der Waals surface area contributed by atoms with Gasteiger partial charge in [0.15, 0.2) is 0 Å². The van der Waals surface area contributed by atoms with Gasteiger partial charge in [-0.25, -0.2) is 0 Å². The lowest BCUT2D eigenvalue weighted by molar-refractivity contribution is -0.188. The number of rotatable bonds is 1. The molecule has 0 bridgehead atoms. The first-order valence-electron chi connectivity index (χ1n) is 5.51. The summed E-state index contributed by atoms with van der Waals surface area (Å²) in [7, 11) is 0. The molecule has 2 heterocycles. The van der Waals surface area contributed by atoms with Crippen molar-refractivity contribution in [1.82, 2.24) is 0 Å². The maximum atomic E-state index is 5.87. The van der Waals surface area contributed by atoms with Gasteiger partial charge >= 0.3 is 0 Å². The number of hydrogen-bond donors (Lipinski definition) is 0. The van der Waals surface area contributed by atoms with Crippen LogP contribution in [0.15, 0.2) is 29.4 Å². The van der Waals surface area contributed by atoms with Crippen molar-refractivity contribution >= 4 is 33.2 Å². The van der Waals surface area contributed by atoms with Crippen molar-refractivity contribution in [2.75, 3.05) is 6.61 Å². The highest BCUT2D eigenvalue weighted by atomic mass is 79.9. The first-order valence-corrected chi connectivity index (χ1v) is 6.81. The molecular weight excluding hydrogens is 305 g/mol. The first-order chi connectivity index (χ1) is 8.21. The Bertz CT molecular complexity index is 454. The highest BCUT2D eigenvalue weighted by Gasteiger charge is 2.51. The minimum absolute atomic E-state index is 0.0290. The van der Waals surface area contributed by atoms with Crippen LogP contribution in [0.1, 0.15) is 18.4 Å². The molecule has 0 saturated carbocycles. The van der Waals surface area contributed by atoms with Gasteiger partial charge in [0.25, 0.3) is 5.79 Å². The molecule has 0 aromatic heterocycles. The number of alkyl halides is 1. The van der Waals surface area contributed by atoms with Gasteiger partial charge in [0.1, 0.15) is 10.5 Å². The molecule has 1 fully saturated rings. The highest BCUT2D eigenvalue weighted by molar-refractivity contribution is 9.10. The molecule has 1 saturated heterocycles. The summed E-state index contributed by atoms with van der Waals surface area (Å²) in [6.45, 7) is 0.728. The SMILES string of the molecule is Clc1ccc(C2=NO[C@@]3(CCCO3)[C@H]2Br)cc1. The number of benzene rings is 1. The van der Waals surface area contributed by atoms with E-state index < -0.39 is 5.79 Å². The van der Waals surface area contributed by atoms with E-state index in [1.54, 1.807) is 0 Å². The standard InChI is InChI=1S/C12H11BrClNO2/c13-11-10(8-2-4-9(14)5-3-8)15-17-12(11)6-1-7-16-12/h2-5,11H,1,6-7H2/t11-,12-/m0/s1. The quantitative estimate of drug-likeness (QED) is 0.744. The van der Waals surface area contributed by atoms with E-state index in [2.05, 4.69) is 21.1 Å². The molecular formula is C12H11BrClNO2. The Morgan fingerprint density at radius 3 is 2.76 bits per heavy atom. The fourth-order valence-corrected chi connectivity index (χ4v) is 3.07. The van der Waals surface area contributed by atoms with Crippen LogP contribution >= 0.6 is 27.5 Å². The molecule has 2 aliphatic rings. The Balaban J connectivity index is 1.88. The highest BCUT2D eigenvalue weighted by Crippen LogP contribution is 2.40. The van der Waals surface area contributed by atoms with Crippen molar-refractivity contribution in [2.45, 2.75) is 23.5 Å². The predicted molar refractivity (Wildman–Crippen MR) is 69.7 cm³/mol. The number of nitrogens with zero attached hydrogens (tertiary/aromatic N) is 1. The molecule has 1 aromatic rings. The van der Waals surface area contributed by atoms with Crippen LogP contribution in [0.4, 0.5) is 0 Å². The van der Waals surface area contributed by atoms with Crippen molar-refractivity contribution < 1.29 is 9.57 Å². The van der Waals surface area contributed by atoms with E-state index in [-0.39, 0.29) is 4.83 Å². The summed E-state index contributed by atoms with van der Waals surface area (Å²) < 4.78 is 5.68. The van der Waals surface area contributed by atoms with Gasteiger partial charge in [-0.15, -0.1) is 0 Å². The Morgan fingerprint density at radius 2 is 2.12 bits per heavy atom. The third-order valence-electron chi connectivity index (χ3n) is 3.08. The van der Waals surface area contributed by atoms with Crippen molar-refractivity contribution in [1.29, 1.82) is 0 Å². The van der Waals surface area contributed by atoms with Gasteiger partial charge in [0.2, 0.25) is 0 Å². The van der Waals surface area contributed by atoms with E-state index in [1.165, 1.54) is 0 Å². The zero-order valence-electron chi connectivity index (χ0n) is 9.03. The molecule has 0 N–H and O–H groups in total. The number of oxime groups is 1. The number of ether oxygens (including phenoxy) is 1. The smallest absolute Gasteiger partial charge is 0.255 e. The van der Waals surface area contributed by atoms with E-state index in [0.29, 0.717) is 5.02 Å². The van der Waals surface area contributed by atoms with Crippen molar-refractivity contribution in [2.24, 2.45) is 5.16 Å². The summed E-state index contributed by atoms with van der Waals surface area (Å²) >= 11 is 9.50. The van der Waals surface area contributed by atoms with E-state index in [4.69, 9.17) is 21.2 Å². The maximum Gasteiger partial charge on any atom is 0.255 e. The molecule has 3 nitrogen and oxygen atoms in total. The normalized spacial score (nSPS) is 31.6. The third kappa shape index (κ3) is 1.88. The van der Waals surface area contributed by atoms with Gasteiger partial charge < -0.3 is 9.57 Å². The van der Waals surface area contributed by atoms with Crippen molar-refractivity contribution in [3.05, 3.63) is 34.9 Å². The molecule has 1 aromatic carbocycles. The van der Waals surface area contributed by atoms with E-state index >= 15 is 0 Å². The van der Waals surface area contributed by atoms with E-state index in [0.717, 1.165) is 30.7 Å². The second-order valence-electron chi connectivity index (χ2n) is 4.20. The summed E-state index contributed by atoms with van der Waals surface area (Å²) in [5.74, 6) is -0.602. The Hall–Kier alpha value is -0.580. The molecule has 3 rings (SSSR count). The van der Waals surface area contributed by atoms with Crippen LogP contribution in [0, 0.1) is 0 Å². The minimum Gasteiger partial charge on any atom is -0.358 e. The van der Waals surface area contributed by atoms with Crippen LogP contribution in [0.25, 0.3) is 0 Å². The molecule has 90 valence electrons. The molecule has 0 radical (unpaired) electrons. The monoisotopic (exact) mass is 315 g/mol. The zero-order valence-corrected chi connectivity index (χ0v) is 11.4. The molecule has 0 unspecified atom stereocenters. The molecule has 0 amide bonds. The fraction of sp³-hybridized carbons (Fsp3) is 0.417. The Kier molecular flexibility index (Phi) is 2.89. The first kappa shape index (κ1) is 11.5. The zero-order chi connectivity index (χ0) is 11.9. The Morgan fingerprint density at radius 1 is 1.35 bits per heavy atom. The molecule has 17 heavy (non-hydrogen) atoms. The summed E-state index contributed by atoms with van der Waals surface area (Å²) in [5, 5.41) is 4.87. The van der Waals surface area contributed by atoms with Gasteiger partial charge in [-0.05, 0) is 18.6 Å². The topological polar surface area (TPSA) is 30.8 Å². The van der Waals surface area contributed by atoms with Gasteiger partial charge in [0, 0.05) is 17.0 Å². The Labute approximate surface area is 113 Å². The lowest BCUT2D eigenvalue weighted by Crippen LogP contribution is -2.39. The maximum absolute atomic E-state index is 5.87. The molecule has 2 aliphatic heterocycles. The lowest BCUT2D eigenvalue weighted by Gasteiger charge is -2.23. The third-order valence-corrected chi connectivity index (χ3v) is 4.46. The average molecular weight is 317 g/mol. The molecule has 0 aliphatic carbocycles. The van der Waals surface area contributed by atoms with Crippen molar-refractivity contribution in [3.8, 4) is 0 Å². The number of halogens is 2. The van der Waals surface area contributed by atoms with E-state index in [9.17, 15) is 0 Å². The van der Waals surface area contributed by atoms with Crippen LogP contribution in [0.5, 0.6) is 0 Å². The second-order valence-corrected chi connectivity index (χ2v) is 5.55. The minimum atomic E-state index is -0.602. The van der Waals surface area contributed by atoms with Crippen LogP contribution in [-0.2, 0) is 9.57 Å². The number of hydrogen-bond acceptors (Lipinski definition) is 3. The average Bonchev–Trinajstić information content (AvgIpc) is 2.92. The fourth-order valence-electron chi connectivity index (χ4n) is 2.15. The largest absolute Gasteiger partial charge is 0.358 e. The second kappa shape index (κ2) is 4.26. The predicted octanol–water partition coefficient (Wildman–Crippen LogP) is 3.34. The van der Waals surface area contributed by atoms with Crippen LogP contribution in [-0.4, -0.2) is 22.9 Å². The summed E-state index contributed by atoms with van der Waals surface area (Å²) in [4.78, 5) is 5.47. The summed E-state index contributed by atoms with van der Waals surface area (Å²) in [6.07, 6.45) is 1.87. The summed E-state index contributed by atoms with van der Waals surface area (Å²) in [5.41, 5.74) is 1.87. The molecule has 1 spiro atoms. The molecule has 5 heteroatoms. The lowest BCUT2D eigenvalue weighted by atomic mass is 10.0. The van der Waals surface area contributed by atoms with Crippen LogP contribution in [0.3, 0.4) is 0 Å². The van der Waals surface area contributed by atoms with Gasteiger partial charge in [-0.2, -0.15) is 0 Å². The van der Waals surface area contributed by atoms with Gasteiger partial charge in [-0.3, -0.25) is 0 Å². The molecule has 2 atom stereocenters. The van der Waals surface area contributed by atoms with Crippen molar-refractivity contribution in [3.63, 3.8) is 0 Å². The van der Waals surface area contributed by atoms with Gasteiger partial charge in [-0.1, -0.05) is 44.8 Å².